The zero-order valence-corrected chi connectivity index (χ0v) is 15.5. The quantitative estimate of drug-likeness (QED) is 0.594. The second-order valence-electron chi connectivity index (χ2n) is 6.00. The van der Waals surface area contributed by atoms with Gasteiger partial charge in [0.25, 0.3) is 5.91 Å². The van der Waals surface area contributed by atoms with Crippen molar-refractivity contribution in [2.45, 2.75) is 32.7 Å². The van der Waals surface area contributed by atoms with Crippen LogP contribution in [0.3, 0.4) is 0 Å². The van der Waals surface area contributed by atoms with E-state index < -0.39 is 0 Å². The molecule has 136 valence electrons. The number of nitrogens with zero attached hydrogens (tertiary/aromatic N) is 2. The molecule has 0 spiro atoms. The summed E-state index contributed by atoms with van der Waals surface area (Å²) >= 11 is 1.49. The molecule has 0 fully saturated rings. The Labute approximate surface area is 156 Å². The third-order valence-corrected chi connectivity index (χ3v) is 4.69. The lowest BCUT2D eigenvalue weighted by Gasteiger charge is -2.09. The van der Waals surface area contributed by atoms with E-state index in [0.29, 0.717) is 30.9 Å². The van der Waals surface area contributed by atoms with E-state index in [0.717, 1.165) is 24.0 Å². The maximum atomic E-state index is 12.2. The van der Waals surface area contributed by atoms with E-state index in [2.05, 4.69) is 22.5 Å². The number of carbonyl (C=O) groups excluding carboxylic acids is 2. The van der Waals surface area contributed by atoms with Crippen molar-refractivity contribution in [1.82, 2.24) is 14.9 Å². The SMILES string of the molecule is CCCn1c(NC(=O)CCCNC(=O)c2ccsc2)nc2ccccc21. The van der Waals surface area contributed by atoms with Crippen LogP contribution < -0.4 is 10.6 Å². The number of aromatic nitrogens is 2. The zero-order valence-electron chi connectivity index (χ0n) is 14.7. The first-order chi connectivity index (χ1) is 12.7. The van der Waals surface area contributed by atoms with Crippen molar-refractivity contribution in [3.8, 4) is 0 Å². The molecule has 2 aromatic heterocycles. The molecular formula is C19H22N4O2S. The first-order valence-corrected chi connectivity index (χ1v) is 9.69. The molecule has 3 aromatic rings. The van der Waals surface area contributed by atoms with Gasteiger partial charge >= 0.3 is 0 Å². The van der Waals surface area contributed by atoms with Crippen molar-refractivity contribution in [3.05, 3.63) is 46.7 Å². The number of para-hydroxylation sites is 2. The molecule has 2 N–H and O–H groups in total. The normalized spacial score (nSPS) is 10.8. The number of benzene rings is 1. The van der Waals surface area contributed by atoms with Crippen molar-refractivity contribution >= 4 is 40.1 Å². The Morgan fingerprint density at radius 1 is 1.23 bits per heavy atom. The van der Waals surface area contributed by atoms with Gasteiger partial charge < -0.3 is 9.88 Å². The standard InChI is InChI=1S/C19H22N4O2S/c1-2-11-23-16-7-4-3-6-15(16)21-19(23)22-17(24)8-5-10-20-18(25)14-9-12-26-13-14/h3-4,6-7,9,12-13H,2,5,8,10-11H2,1H3,(H,20,25)(H,21,22,24). The molecule has 0 saturated carbocycles. The topological polar surface area (TPSA) is 76.0 Å². The maximum absolute atomic E-state index is 12.2. The fourth-order valence-corrected chi connectivity index (χ4v) is 3.39. The van der Waals surface area contributed by atoms with Crippen molar-refractivity contribution in [1.29, 1.82) is 0 Å². The Morgan fingerprint density at radius 3 is 2.85 bits per heavy atom. The van der Waals surface area contributed by atoms with Crippen LogP contribution in [-0.2, 0) is 11.3 Å². The highest BCUT2D eigenvalue weighted by Crippen LogP contribution is 2.20. The highest BCUT2D eigenvalue weighted by Gasteiger charge is 2.12. The predicted molar refractivity (Wildman–Crippen MR) is 105 cm³/mol. The lowest BCUT2D eigenvalue weighted by molar-refractivity contribution is -0.116. The van der Waals surface area contributed by atoms with Crippen LogP contribution in [0.25, 0.3) is 11.0 Å². The van der Waals surface area contributed by atoms with Gasteiger partial charge in [0.05, 0.1) is 11.0 Å². The lowest BCUT2D eigenvalue weighted by Crippen LogP contribution is -2.25. The zero-order chi connectivity index (χ0) is 18.4. The van der Waals surface area contributed by atoms with E-state index in [1.54, 1.807) is 11.4 Å². The maximum Gasteiger partial charge on any atom is 0.252 e. The Kier molecular flexibility index (Phi) is 6.01. The molecule has 2 amide bonds. The summed E-state index contributed by atoms with van der Waals surface area (Å²) in [4.78, 5) is 28.6. The Balaban J connectivity index is 1.52. The first kappa shape index (κ1) is 18.1. The van der Waals surface area contributed by atoms with Gasteiger partial charge in [0, 0.05) is 30.5 Å². The van der Waals surface area contributed by atoms with Crippen LogP contribution in [0.5, 0.6) is 0 Å². The number of amides is 2. The van der Waals surface area contributed by atoms with E-state index in [-0.39, 0.29) is 11.8 Å². The average Bonchev–Trinajstić information content (AvgIpc) is 3.28. The number of thiophene rings is 1. The summed E-state index contributed by atoms with van der Waals surface area (Å²) < 4.78 is 2.03. The Hall–Kier alpha value is -2.67. The summed E-state index contributed by atoms with van der Waals surface area (Å²) in [6.07, 6.45) is 1.87. The molecule has 0 unspecified atom stereocenters. The number of carbonyl (C=O) groups is 2. The molecule has 0 aliphatic carbocycles. The number of nitrogens with one attached hydrogen (secondary N) is 2. The van der Waals surface area contributed by atoms with Gasteiger partial charge in [-0.05, 0) is 36.4 Å². The molecule has 0 bridgehead atoms. The van der Waals surface area contributed by atoms with Gasteiger partial charge in [-0.2, -0.15) is 11.3 Å². The van der Waals surface area contributed by atoms with Crippen LogP contribution >= 0.6 is 11.3 Å². The van der Waals surface area contributed by atoms with Crippen LogP contribution in [-0.4, -0.2) is 27.9 Å². The van der Waals surface area contributed by atoms with E-state index in [1.165, 1.54) is 11.3 Å². The van der Waals surface area contributed by atoms with Gasteiger partial charge in [0.1, 0.15) is 0 Å². The lowest BCUT2D eigenvalue weighted by atomic mass is 10.2. The number of hydrogen-bond donors (Lipinski definition) is 2. The highest BCUT2D eigenvalue weighted by atomic mass is 32.1. The molecule has 0 aliphatic heterocycles. The number of rotatable bonds is 8. The fraction of sp³-hybridized carbons (Fsp3) is 0.316. The molecule has 0 radical (unpaired) electrons. The van der Waals surface area contributed by atoms with Crippen molar-refractivity contribution in [2.24, 2.45) is 0 Å². The van der Waals surface area contributed by atoms with Crippen LogP contribution in [0.4, 0.5) is 5.95 Å². The number of anilines is 1. The summed E-state index contributed by atoms with van der Waals surface area (Å²) in [5.74, 6) is 0.388. The number of fused-ring (bicyclic) bond motifs is 1. The smallest absolute Gasteiger partial charge is 0.252 e. The summed E-state index contributed by atoms with van der Waals surface area (Å²) in [5, 5.41) is 9.40. The van der Waals surface area contributed by atoms with E-state index in [1.807, 2.05) is 34.2 Å². The Morgan fingerprint density at radius 2 is 2.08 bits per heavy atom. The largest absolute Gasteiger partial charge is 0.352 e. The molecule has 0 atom stereocenters. The third-order valence-electron chi connectivity index (χ3n) is 4.00. The third kappa shape index (κ3) is 4.29. The second kappa shape index (κ2) is 8.62. The molecule has 0 aliphatic rings. The van der Waals surface area contributed by atoms with Gasteiger partial charge in [-0.25, -0.2) is 4.98 Å². The molecule has 2 heterocycles. The van der Waals surface area contributed by atoms with Crippen LogP contribution in [0, 0.1) is 0 Å². The van der Waals surface area contributed by atoms with E-state index in [9.17, 15) is 9.59 Å². The fourth-order valence-electron chi connectivity index (χ4n) is 2.75. The number of hydrogen-bond acceptors (Lipinski definition) is 4. The summed E-state index contributed by atoms with van der Waals surface area (Å²) in [7, 11) is 0. The molecule has 7 heteroatoms. The highest BCUT2D eigenvalue weighted by molar-refractivity contribution is 7.08. The Bertz CT molecular complexity index is 886. The number of imidazole rings is 1. The summed E-state index contributed by atoms with van der Waals surface area (Å²) in [6, 6.07) is 9.64. The summed E-state index contributed by atoms with van der Waals surface area (Å²) in [6.45, 7) is 3.36. The van der Waals surface area contributed by atoms with Crippen LogP contribution in [0.2, 0.25) is 0 Å². The predicted octanol–water partition coefficient (Wildman–Crippen LogP) is 3.66. The van der Waals surface area contributed by atoms with Crippen LogP contribution in [0.15, 0.2) is 41.1 Å². The van der Waals surface area contributed by atoms with Gasteiger partial charge in [0.15, 0.2) is 0 Å². The monoisotopic (exact) mass is 370 g/mol. The average molecular weight is 370 g/mol. The molecule has 6 nitrogen and oxygen atoms in total. The van der Waals surface area contributed by atoms with Crippen molar-refractivity contribution in [3.63, 3.8) is 0 Å². The molecular weight excluding hydrogens is 348 g/mol. The van der Waals surface area contributed by atoms with Gasteiger partial charge in [-0.15, -0.1) is 0 Å². The minimum absolute atomic E-state index is 0.0950. The van der Waals surface area contributed by atoms with Gasteiger partial charge in [-0.1, -0.05) is 19.1 Å². The van der Waals surface area contributed by atoms with E-state index >= 15 is 0 Å². The van der Waals surface area contributed by atoms with Crippen LogP contribution in [0.1, 0.15) is 36.5 Å². The molecule has 3 rings (SSSR count). The number of aryl methyl sites for hydroxylation is 1. The van der Waals surface area contributed by atoms with Crippen molar-refractivity contribution in [2.75, 3.05) is 11.9 Å². The van der Waals surface area contributed by atoms with Crippen molar-refractivity contribution < 1.29 is 9.59 Å². The van der Waals surface area contributed by atoms with Gasteiger partial charge in [-0.3, -0.25) is 14.9 Å². The van der Waals surface area contributed by atoms with E-state index in [4.69, 9.17) is 0 Å². The summed E-state index contributed by atoms with van der Waals surface area (Å²) in [5.41, 5.74) is 2.56. The minimum atomic E-state index is -0.101. The molecule has 0 saturated heterocycles. The minimum Gasteiger partial charge on any atom is -0.352 e. The first-order valence-electron chi connectivity index (χ1n) is 8.74. The van der Waals surface area contributed by atoms with Gasteiger partial charge in [0.2, 0.25) is 11.9 Å². The second-order valence-corrected chi connectivity index (χ2v) is 6.78. The molecule has 1 aromatic carbocycles. The molecule has 26 heavy (non-hydrogen) atoms.